The summed E-state index contributed by atoms with van der Waals surface area (Å²) in [7, 11) is 0. The minimum atomic E-state index is -0.740. The molecule has 6 heteroatoms. The van der Waals surface area contributed by atoms with E-state index in [1.54, 1.807) is 0 Å². The van der Waals surface area contributed by atoms with Crippen LogP contribution in [-0.4, -0.2) is 26.9 Å². The van der Waals surface area contributed by atoms with Gasteiger partial charge in [0.15, 0.2) is 5.69 Å². The highest BCUT2D eigenvalue weighted by Gasteiger charge is 2.37. The average molecular weight is 271 g/mol. The third-order valence-electron chi connectivity index (χ3n) is 3.24. The molecule has 0 N–H and O–H groups in total. The fraction of sp³-hybridized carbons (Fsp3) is 0.286. The molecule has 0 fully saturated rings. The first-order valence-corrected chi connectivity index (χ1v) is 6.52. The van der Waals surface area contributed by atoms with Crippen molar-refractivity contribution in [2.45, 2.75) is 26.2 Å². The first kappa shape index (κ1) is 12.5. The summed E-state index contributed by atoms with van der Waals surface area (Å²) < 4.78 is 5.85. The van der Waals surface area contributed by atoms with E-state index in [-0.39, 0.29) is 11.4 Å². The SMILES string of the molecule is CCCCc1ccc(-n2nnc3c2C(=O)OC3=O)cc1. The summed E-state index contributed by atoms with van der Waals surface area (Å²) in [5, 5.41) is 7.54. The van der Waals surface area contributed by atoms with Gasteiger partial charge in [-0.05, 0) is 30.5 Å². The summed E-state index contributed by atoms with van der Waals surface area (Å²) in [5.41, 5.74) is 1.98. The fourth-order valence-electron chi connectivity index (χ4n) is 2.15. The maximum atomic E-state index is 11.6. The van der Waals surface area contributed by atoms with E-state index in [1.807, 2.05) is 24.3 Å². The summed E-state index contributed by atoms with van der Waals surface area (Å²) in [6, 6.07) is 7.69. The van der Waals surface area contributed by atoms with E-state index in [4.69, 9.17) is 0 Å². The molecule has 0 spiro atoms. The largest absolute Gasteiger partial charge is 0.383 e. The minimum absolute atomic E-state index is 0.0231. The van der Waals surface area contributed by atoms with Crippen molar-refractivity contribution in [1.29, 1.82) is 0 Å². The lowest BCUT2D eigenvalue weighted by Gasteiger charge is -2.04. The first-order chi connectivity index (χ1) is 9.70. The molecule has 0 bridgehead atoms. The zero-order valence-electron chi connectivity index (χ0n) is 11.0. The molecule has 2 heterocycles. The van der Waals surface area contributed by atoms with Crippen LogP contribution in [0.1, 0.15) is 46.3 Å². The van der Waals surface area contributed by atoms with Crippen LogP contribution in [0.25, 0.3) is 5.69 Å². The van der Waals surface area contributed by atoms with Gasteiger partial charge in [-0.25, -0.2) is 14.3 Å². The minimum Gasteiger partial charge on any atom is -0.383 e. The second-order valence-corrected chi connectivity index (χ2v) is 4.65. The number of rotatable bonds is 4. The van der Waals surface area contributed by atoms with Crippen molar-refractivity contribution in [2.75, 3.05) is 0 Å². The van der Waals surface area contributed by atoms with E-state index < -0.39 is 11.9 Å². The van der Waals surface area contributed by atoms with Crippen LogP contribution >= 0.6 is 0 Å². The van der Waals surface area contributed by atoms with Crippen LogP contribution in [0, 0.1) is 0 Å². The second-order valence-electron chi connectivity index (χ2n) is 4.65. The van der Waals surface area contributed by atoms with Gasteiger partial charge in [-0.1, -0.05) is 30.7 Å². The molecular formula is C14H13N3O3. The van der Waals surface area contributed by atoms with Gasteiger partial charge in [0.1, 0.15) is 0 Å². The van der Waals surface area contributed by atoms with Crippen molar-refractivity contribution in [3.63, 3.8) is 0 Å². The molecule has 0 radical (unpaired) electrons. The standard InChI is InChI=1S/C14H13N3O3/c1-2-3-4-9-5-7-10(8-6-9)17-12-11(15-16-17)13(18)20-14(12)19/h5-8H,2-4H2,1H3. The molecule has 1 aliphatic rings. The van der Waals surface area contributed by atoms with Gasteiger partial charge in [-0.3, -0.25) is 0 Å². The molecule has 0 saturated carbocycles. The van der Waals surface area contributed by atoms with Crippen molar-refractivity contribution in [3.05, 3.63) is 41.2 Å². The average Bonchev–Trinajstić information content (AvgIpc) is 3.00. The van der Waals surface area contributed by atoms with Gasteiger partial charge in [0.05, 0.1) is 5.69 Å². The van der Waals surface area contributed by atoms with E-state index in [9.17, 15) is 9.59 Å². The molecule has 0 saturated heterocycles. The zero-order valence-corrected chi connectivity index (χ0v) is 11.0. The lowest BCUT2D eigenvalue weighted by molar-refractivity contribution is 0.0434. The predicted molar refractivity (Wildman–Crippen MR) is 69.7 cm³/mol. The lowest BCUT2D eigenvalue weighted by atomic mass is 10.1. The maximum Gasteiger partial charge on any atom is 0.369 e. The number of fused-ring (bicyclic) bond motifs is 1. The first-order valence-electron chi connectivity index (χ1n) is 6.52. The summed E-state index contributed by atoms with van der Waals surface area (Å²) in [5.74, 6) is -1.44. The van der Waals surface area contributed by atoms with Crippen molar-refractivity contribution in [1.82, 2.24) is 15.0 Å². The molecule has 1 aromatic heterocycles. The van der Waals surface area contributed by atoms with Crippen LogP contribution in [0.5, 0.6) is 0 Å². The summed E-state index contributed by atoms with van der Waals surface area (Å²) in [6.45, 7) is 2.15. The Balaban J connectivity index is 1.93. The Morgan fingerprint density at radius 1 is 1.15 bits per heavy atom. The van der Waals surface area contributed by atoms with Crippen molar-refractivity contribution in [3.8, 4) is 5.69 Å². The molecule has 6 nitrogen and oxygen atoms in total. The summed E-state index contributed by atoms with van der Waals surface area (Å²) >= 11 is 0. The molecule has 1 aromatic carbocycles. The van der Waals surface area contributed by atoms with Crippen molar-refractivity contribution >= 4 is 11.9 Å². The summed E-state index contributed by atoms with van der Waals surface area (Å²) in [6.07, 6.45) is 3.30. The Kier molecular flexibility index (Phi) is 3.06. The third kappa shape index (κ3) is 1.99. The molecule has 0 unspecified atom stereocenters. The third-order valence-corrected chi connectivity index (χ3v) is 3.24. The number of hydrogen-bond donors (Lipinski definition) is 0. The number of unbranched alkanes of at least 4 members (excludes halogenated alkanes) is 1. The van der Waals surface area contributed by atoms with Crippen LogP contribution in [0.2, 0.25) is 0 Å². The number of aromatic nitrogens is 3. The van der Waals surface area contributed by atoms with Crippen molar-refractivity contribution in [2.24, 2.45) is 0 Å². The van der Waals surface area contributed by atoms with E-state index in [1.165, 1.54) is 10.2 Å². The highest BCUT2D eigenvalue weighted by Crippen LogP contribution is 2.21. The van der Waals surface area contributed by atoms with Crippen LogP contribution in [-0.2, 0) is 11.2 Å². The van der Waals surface area contributed by atoms with Crippen LogP contribution in [0.15, 0.2) is 24.3 Å². The second kappa shape index (κ2) is 4.88. The number of carbonyl (C=O) groups excluding carboxylic acids is 2. The Bertz CT molecular complexity index is 673. The molecule has 0 aliphatic carbocycles. The number of nitrogens with zero attached hydrogens (tertiary/aromatic N) is 3. The maximum absolute atomic E-state index is 11.6. The summed E-state index contributed by atoms with van der Waals surface area (Å²) in [4.78, 5) is 22.9. The van der Waals surface area contributed by atoms with Crippen LogP contribution in [0.4, 0.5) is 0 Å². The van der Waals surface area contributed by atoms with Crippen LogP contribution in [0.3, 0.4) is 0 Å². The predicted octanol–water partition coefficient (Wildman–Crippen LogP) is 1.92. The fourth-order valence-corrected chi connectivity index (χ4v) is 2.15. The molecule has 2 aromatic rings. The molecule has 102 valence electrons. The number of esters is 2. The Hall–Kier alpha value is -2.50. The van der Waals surface area contributed by atoms with Crippen molar-refractivity contribution < 1.29 is 14.3 Å². The highest BCUT2D eigenvalue weighted by molar-refractivity contribution is 6.12. The smallest absolute Gasteiger partial charge is 0.369 e. The molecular weight excluding hydrogens is 258 g/mol. The lowest BCUT2D eigenvalue weighted by Crippen LogP contribution is -2.08. The zero-order chi connectivity index (χ0) is 14.1. The quantitative estimate of drug-likeness (QED) is 0.627. The number of aryl methyl sites for hydroxylation is 1. The Morgan fingerprint density at radius 2 is 1.90 bits per heavy atom. The molecule has 1 aliphatic heterocycles. The molecule has 0 atom stereocenters. The van der Waals surface area contributed by atoms with E-state index in [2.05, 4.69) is 22.0 Å². The normalized spacial score (nSPS) is 13.4. The highest BCUT2D eigenvalue weighted by atomic mass is 16.6. The Labute approximate surface area is 115 Å². The number of ether oxygens (including phenoxy) is 1. The van der Waals surface area contributed by atoms with Crippen LogP contribution < -0.4 is 0 Å². The van der Waals surface area contributed by atoms with Gasteiger partial charge in [-0.2, -0.15) is 0 Å². The van der Waals surface area contributed by atoms with Gasteiger partial charge in [0, 0.05) is 0 Å². The number of carbonyl (C=O) groups is 2. The van der Waals surface area contributed by atoms with Gasteiger partial charge in [0.25, 0.3) is 0 Å². The number of cyclic esters (lactones) is 2. The molecule has 20 heavy (non-hydrogen) atoms. The molecule has 0 amide bonds. The number of hydrogen-bond acceptors (Lipinski definition) is 5. The topological polar surface area (TPSA) is 74.1 Å². The van der Waals surface area contributed by atoms with E-state index >= 15 is 0 Å². The number of benzene rings is 1. The van der Waals surface area contributed by atoms with Gasteiger partial charge >= 0.3 is 11.9 Å². The van der Waals surface area contributed by atoms with Gasteiger partial charge < -0.3 is 4.74 Å². The van der Waals surface area contributed by atoms with Gasteiger partial charge in [0.2, 0.25) is 5.69 Å². The molecule has 3 rings (SSSR count). The monoisotopic (exact) mass is 271 g/mol. The van der Waals surface area contributed by atoms with E-state index in [0.717, 1.165) is 19.3 Å². The van der Waals surface area contributed by atoms with E-state index in [0.29, 0.717) is 5.69 Å². The Morgan fingerprint density at radius 3 is 2.60 bits per heavy atom. The van der Waals surface area contributed by atoms with Gasteiger partial charge in [-0.15, -0.1) is 5.10 Å².